The fourth-order valence-electron chi connectivity index (χ4n) is 1.93. The van der Waals surface area contributed by atoms with Crippen molar-refractivity contribution in [3.05, 3.63) is 30.5 Å². The third-order valence-electron chi connectivity index (χ3n) is 2.84. The molecule has 0 saturated heterocycles. The zero-order chi connectivity index (χ0) is 12.6. The third kappa shape index (κ3) is 1.82. The molecule has 0 saturated carbocycles. The Morgan fingerprint density at radius 1 is 1.24 bits per heavy atom. The summed E-state index contributed by atoms with van der Waals surface area (Å²) in [6.45, 7) is 1.28. The van der Waals surface area contributed by atoms with Crippen molar-refractivity contribution >= 4 is 28.3 Å². The van der Waals surface area contributed by atoms with Crippen molar-refractivity contribution in [1.82, 2.24) is 4.57 Å². The van der Waals surface area contributed by atoms with E-state index in [2.05, 4.69) is 0 Å². The van der Waals surface area contributed by atoms with Gasteiger partial charge in [-0.3, -0.25) is 9.59 Å². The molecule has 0 radical (unpaired) electrons. The number of benzene rings is 1. The molecule has 0 spiro atoms. The Kier molecular flexibility index (Phi) is 2.71. The molecule has 0 aliphatic carbocycles. The summed E-state index contributed by atoms with van der Waals surface area (Å²) < 4.78 is 1.94. The molecule has 2 rings (SSSR count). The second kappa shape index (κ2) is 4.05. The van der Waals surface area contributed by atoms with Gasteiger partial charge in [0.05, 0.1) is 5.69 Å². The number of para-hydroxylation sites is 1. The van der Waals surface area contributed by atoms with Crippen molar-refractivity contribution in [1.29, 1.82) is 0 Å². The molecule has 0 aliphatic heterocycles. The van der Waals surface area contributed by atoms with Gasteiger partial charge in [-0.1, -0.05) is 18.2 Å². The van der Waals surface area contributed by atoms with Crippen LogP contribution in [0.25, 0.3) is 10.9 Å². The highest BCUT2D eigenvalue weighted by Gasteiger charge is 2.19. The lowest BCUT2D eigenvalue weighted by molar-refractivity contribution is -0.134. The lowest BCUT2D eigenvalue weighted by atomic mass is 10.2. The minimum atomic E-state index is -0.499. The van der Waals surface area contributed by atoms with Crippen LogP contribution in [0.2, 0.25) is 0 Å². The molecule has 88 valence electrons. The molecule has 4 nitrogen and oxygen atoms in total. The second-order valence-electron chi connectivity index (χ2n) is 4.06. The Balaban J connectivity index is 2.56. The lowest BCUT2D eigenvalue weighted by Gasteiger charge is -2.13. The Hall–Kier alpha value is -2.10. The number of hydrogen-bond acceptors (Lipinski definition) is 2. The fourth-order valence-corrected chi connectivity index (χ4v) is 1.93. The summed E-state index contributed by atoms with van der Waals surface area (Å²) in [4.78, 5) is 24.2. The van der Waals surface area contributed by atoms with E-state index in [9.17, 15) is 9.59 Å². The number of nitrogens with zero attached hydrogens (tertiary/aromatic N) is 2. The van der Waals surface area contributed by atoms with E-state index in [0.717, 1.165) is 16.6 Å². The predicted octanol–water partition coefficient (Wildman–Crippen LogP) is 1.73. The quantitative estimate of drug-likeness (QED) is 0.737. The first kappa shape index (κ1) is 11.4. The van der Waals surface area contributed by atoms with Crippen LogP contribution in [0.5, 0.6) is 0 Å². The zero-order valence-electron chi connectivity index (χ0n) is 10.1. The molecular weight excluding hydrogens is 216 g/mol. The van der Waals surface area contributed by atoms with E-state index >= 15 is 0 Å². The number of amides is 1. The van der Waals surface area contributed by atoms with Crippen molar-refractivity contribution in [2.24, 2.45) is 7.05 Å². The molecule has 0 N–H and O–H groups in total. The molecule has 1 aromatic heterocycles. The molecule has 1 amide bonds. The maximum atomic E-state index is 11.7. The summed E-state index contributed by atoms with van der Waals surface area (Å²) in [5, 5.41) is 0.965. The number of fused-ring (bicyclic) bond motifs is 1. The number of aromatic nitrogens is 1. The van der Waals surface area contributed by atoms with Crippen molar-refractivity contribution < 1.29 is 9.59 Å². The first-order valence-electron chi connectivity index (χ1n) is 5.35. The molecular formula is C13H14N2O2. The van der Waals surface area contributed by atoms with Crippen LogP contribution in [0.3, 0.4) is 0 Å². The summed E-state index contributed by atoms with van der Waals surface area (Å²) in [7, 11) is 3.53. The van der Waals surface area contributed by atoms with E-state index in [4.69, 9.17) is 0 Å². The SMILES string of the molecule is CC(=O)C(=O)N(C)c1cn(C)c2ccccc12. The molecule has 0 bridgehead atoms. The maximum absolute atomic E-state index is 11.7. The molecule has 0 aliphatic rings. The molecule has 0 unspecified atom stereocenters. The normalized spacial score (nSPS) is 10.5. The van der Waals surface area contributed by atoms with E-state index in [0.29, 0.717) is 0 Å². The summed E-state index contributed by atoms with van der Waals surface area (Å²) in [5.41, 5.74) is 1.79. The minimum Gasteiger partial charge on any atom is -0.348 e. The van der Waals surface area contributed by atoms with Gasteiger partial charge in [0.15, 0.2) is 0 Å². The van der Waals surface area contributed by atoms with Crippen LogP contribution in [0.1, 0.15) is 6.92 Å². The van der Waals surface area contributed by atoms with E-state index < -0.39 is 11.7 Å². The smallest absolute Gasteiger partial charge is 0.293 e. The number of Topliss-reactive ketones (excluding diaryl/α,β-unsaturated/α-hetero) is 1. The first-order chi connectivity index (χ1) is 8.02. The Labute approximate surface area is 99.4 Å². The predicted molar refractivity (Wildman–Crippen MR) is 67.0 cm³/mol. The van der Waals surface area contributed by atoms with Crippen LogP contribution in [-0.4, -0.2) is 23.3 Å². The average Bonchev–Trinajstić information content (AvgIpc) is 2.65. The van der Waals surface area contributed by atoms with Gasteiger partial charge in [-0.05, 0) is 6.07 Å². The van der Waals surface area contributed by atoms with Crippen molar-refractivity contribution in [3.63, 3.8) is 0 Å². The molecule has 1 heterocycles. The molecule has 0 atom stereocenters. The topological polar surface area (TPSA) is 42.3 Å². The number of anilines is 1. The number of carbonyl (C=O) groups excluding carboxylic acids is 2. The number of hydrogen-bond donors (Lipinski definition) is 0. The Bertz CT molecular complexity index is 598. The van der Waals surface area contributed by atoms with Gasteiger partial charge >= 0.3 is 0 Å². The van der Waals surface area contributed by atoms with Crippen LogP contribution in [0.4, 0.5) is 5.69 Å². The first-order valence-corrected chi connectivity index (χ1v) is 5.35. The van der Waals surface area contributed by atoms with Crippen molar-refractivity contribution in [3.8, 4) is 0 Å². The number of likely N-dealkylation sites (N-methyl/N-ethyl adjacent to an activating group) is 1. The average molecular weight is 230 g/mol. The van der Waals surface area contributed by atoms with Crippen LogP contribution in [0, 0.1) is 0 Å². The fraction of sp³-hybridized carbons (Fsp3) is 0.231. The summed E-state index contributed by atoms with van der Waals surface area (Å²) in [6.07, 6.45) is 1.85. The van der Waals surface area contributed by atoms with Crippen LogP contribution < -0.4 is 4.90 Å². The van der Waals surface area contributed by atoms with E-state index in [1.165, 1.54) is 11.8 Å². The number of aryl methyl sites for hydroxylation is 1. The standard InChI is InChI=1S/C13H14N2O2/c1-9(16)13(17)15(3)12-8-14(2)11-7-5-4-6-10(11)12/h4-8H,1-3H3. The summed E-state index contributed by atoms with van der Waals surface area (Å²) in [6, 6.07) is 7.77. The van der Waals surface area contributed by atoms with Crippen LogP contribution in [-0.2, 0) is 16.6 Å². The van der Waals surface area contributed by atoms with Gasteiger partial charge in [0, 0.05) is 38.1 Å². The van der Waals surface area contributed by atoms with Gasteiger partial charge in [0.2, 0.25) is 5.78 Å². The van der Waals surface area contributed by atoms with Crippen molar-refractivity contribution in [2.45, 2.75) is 6.92 Å². The van der Waals surface area contributed by atoms with E-state index in [-0.39, 0.29) is 0 Å². The molecule has 2 aromatic rings. The molecule has 4 heteroatoms. The third-order valence-corrected chi connectivity index (χ3v) is 2.84. The number of carbonyl (C=O) groups is 2. The highest BCUT2D eigenvalue weighted by Crippen LogP contribution is 2.27. The highest BCUT2D eigenvalue weighted by atomic mass is 16.2. The Morgan fingerprint density at radius 2 is 1.88 bits per heavy atom. The molecule has 17 heavy (non-hydrogen) atoms. The monoisotopic (exact) mass is 230 g/mol. The number of ketones is 1. The Morgan fingerprint density at radius 3 is 2.53 bits per heavy atom. The van der Waals surface area contributed by atoms with Crippen molar-refractivity contribution in [2.75, 3.05) is 11.9 Å². The second-order valence-corrected chi connectivity index (χ2v) is 4.06. The lowest BCUT2D eigenvalue weighted by Crippen LogP contribution is -2.31. The minimum absolute atomic E-state index is 0.458. The zero-order valence-corrected chi connectivity index (χ0v) is 10.1. The largest absolute Gasteiger partial charge is 0.348 e. The maximum Gasteiger partial charge on any atom is 0.293 e. The van der Waals surface area contributed by atoms with Crippen LogP contribution in [0.15, 0.2) is 30.5 Å². The van der Waals surface area contributed by atoms with E-state index in [1.54, 1.807) is 7.05 Å². The van der Waals surface area contributed by atoms with Gasteiger partial charge in [0.25, 0.3) is 5.91 Å². The van der Waals surface area contributed by atoms with Crippen LogP contribution >= 0.6 is 0 Å². The van der Waals surface area contributed by atoms with Gasteiger partial charge in [-0.2, -0.15) is 0 Å². The molecule has 1 aromatic carbocycles. The summed E-state index contributed by atoms with van der Waals surface area (Å²) in [5.74, 6) is -0.957. The summed E-state index contributed by atoms with van der Waals surface area (Å²) >= 11 is 0. The van der Waals surface area contributed by atoms with Gasteiger partial charge in [-0.25, -0.2) is 0 Å². The van der Waals surface area contributed by atoms with Gasteiger partial charge < -0.3 is 9.47 Å². The highest BCUT2D eigenvalue weighted by molar-refractivity contribution is 6.40. The van der Waals surface area contributed by atoms with Gasteiger partial charge in [0.1, 0.15) is 0 Å². The van der Waals surface area contributed by atoms with E-state index in [1.807, 2.05) is 42.1 Å². The molecule has 0 fully saturated rings. The number of rotatable bonds is 2. The van der Waals surface area contributed by atoms with Gasteiger partial charge in [-0.15, -0.1) is 0 Å².